The van der Waals surface area contributed by atoms with Gasteiger partial charge in [0.25, 0.3) is 0 Å². The largest absolute Gasteiger partial charge is 0.481 e. The van der Waals surface area contributed by atoms with Gasteiger partial charge >= 0.3 is 5.97 Å². The highest BCUT2D eigenvalue weighted by Gasteiger charge is 2.50. The fraction of sp³-hybridized carbons (Fsp3) is 0.833. The van der Waals surface area contributed by atoms with E-state index < -0.39 is 5.97 Å². The zero-order valence-corrected chi connectivity index (χ0v) is 11.3. The Morgan fingerprint density at radius 1 is 1.44 bits per heavy atom. The van der Waals surface area contributed by atoms with Gasteiger partial charge in [-0.2, -0.15) is 0 Å². The molecule has 2 bridgehead atoms. The van der Waals surface area contributed by atoms with Crippen molar-refractivity contribution < 1.29 is 19.4 Å². The van der Waals surface area contributed by atoms with Gasteiger partial charge in [0.05, 0.1) is 18.3 Å². The van der Waals surface area contributed by atoms with Crippen LogP contribution in [0.15, 0.2) is 0 Å². The number of carboxylic acid groups (broad SMARTS) is 1. The van der Waals surface area contributed by atoms with Crippen LogP contribution in [-0.4, -0.2) is 59.2 Å². The first kappa shape index (κ1) is 13.7. The number of fused-ring (bicyclic) bond motifs is 2. The lowest BCUT2D eigenvalue weighted by Crippen LogP contribution is -2.39. The first-order valence-electron chi connectivity index (χ1n) is 6.25. The van der Waals surface area contributed by atoms with Gasteiger partial charge < -0.3 is 14.7 Å². The van der Waals surface area contributed by atoms with Crippen molar-refractivity contribution in [1.29, 1.82) is 0 Å². The van der Waals surface area contributed by atoms with Crippen LogP contribution >= 0.6 is 11.8 Å². The smallest absolute Gasteiger partial charge is 0.308 e. The van der Waals surface area contributed by atoms with Crippen LogP contribution in [0.5, 0.6) is 0 Å². The number of carbonyl (C=O) groups is 2. The van der Waals surface area contributed by atoms with Crippen molar-refractivity contribution in [3.63, 3.8) is 0 Å². The summed E-state index contributed by atoms with van der Waals surface area (Å²) in [4.78, 5) is 25.0. The predicted octanol–water partition coefficient (Wildman–Crippen LogP) is 0.830. The van der Waals surface area contributed by atoms with E-state index >= 15 is 0 Å². The van der Waals surface area contributed by atoms with E-state index in [0.29, 0.717) is 18.8 Å². The monoisotopic (exact) mass is 273 g/mol. The van der Waals surface area contributed by atoms with Gasteiger partial charge in [0, 0.05) is 24.9 Å². The van der Waals surface area contributed by atoms with Crippen LogP contribution < -0.4 is 0 Å². The molecule has 0 aromatic heterocycles. The quantitative estimate of drug-likeness (QED) is 0.726. The zero-order chi connectivity index (χ0) is 13.1. The Bertz CT molecular complexity index is 336. The summed E-state index contributed by atoms with van der Waals surface area (Å²) in [6.45, 7) is 0.641. The molecule has 3 atom stereocenters. The van der Waals surface area contributed by atoms with E-state index in [1.54, 1.807) is 18.9 Å². The molecule has 2 saturated heterocycles. The van der Waals surface area contributed by atoms with E-state index in [0.717, 1.165) is 18.6 Å². The average Bonchev–Trinajstić information content (AvgIpc) is 2.91. The third kappa shape index (κ3) is 2.64. The molecule has 2 heterocycles. The molecule has 2 aliphatic rings. The molecule has 0 saturated carbocycles. The van der Waals surface area contributed by atoms with E-state index in [1.807, 2.05) is 4.90 Å². The number of aliphatic carboxylic acids is 1. The molecule has 1 N–H and O–H groups in total. The number of thioether (sulfide) groups is 1. The second-order valence-corrected chi connectivity index (χ2v) is 5.93. The Morgan fingerprint density at radius 3 is 2.83 bits per heavy atom. The molecule has 0 spiro atoms. The molecule has 2 aliphatic heterocycles. The molecular weight excluding hydrogens is 254 g/mol. The number of carbonyl (C=O) groups excluding carboxylic acids is 1. The first-order chi connectivity index (χ1) is 8.65. The third-order valence-corrected chi connectivity index (χ3v) is 4.71. The van der Waals surface area contributed by atoms with Gasteiger partial charge in [0.15, 0.2) is 0 Å². The van der Waals surface area contributed by atoms with Crippen LogP contribution in [-0.2, 0) is 14.3 Å². The molecule has 6 heteroatoms. The number of rotatable bonds is 6. The van der Waals surface area contributed by atoms with Crippen LogP contribution in [0, 0.1) is 5.92 Å². The summed E-state index contributed by atoms with van der Waals surface area (Å²) in [5.74, 6) is 0.215. The van der Waals surface area contributed by atoms with Gasteiger partial charge in [0.2, 0.25) is 5.91 Å². The summed E-state index contributed by atoms with van der Waals surface area (Å²) in [5, 5.41) is 9.12. The van der Waals surface area contributed by atoms with Crippen LogP contribution in [0.25, 0.3) is 0 Å². The summed E-state index contributed by atoms with van der Waals surface area (Å²) in [6, 6.07) is 0.0923. The van der Waals surface area contributed by atoms with E-state index in [1.165, 1.54) is 0 Å². The highest BCUT2D eigenvalue weighted by atomic mass is 32.2. The fourth-order valence-electron chi connectivity index (χ4n) is 3.02. The van der Waals surface area contributed by atoms with E-state index in [-0.39, 0.29) is 23.9 Å². The average molecular weight is 273 g/mol. The first-order valence-corrected chi connectivity index (χ1v) is 7.41. The summed E-state index contributed by atoms with van der Waals surface area (Å²) < 4.78 is 4.93. The van der Waals surface area contributed by atoms with Crippen molar-refractivity contribution >= 4 is 23.6 Å². The zero-order valence-electron chi connectivity index (χ0n) is 10.5. The van der Waals surface area contributed by atoms with Gasteiger partial charge in [-0.15, -0.1) is 11.8 Å². The second-order valence-electron chi connectivity index (χ2n) is 4.83. The molecule has 1 amide bonds. The van der Waals surface area contributed by atoms with Crippen LogP contribution in [0.4, 0.5) is 0 Å². The third-order valence-electron chi connectivity index (χ3n) is 3.80. The molecular formula is C12H19NO4S. The number of amides is 1. The molecule has 3 unspecified atom stereocenters. The SMILES string of the molecule is COCCSCC(=O)N1C2CCC1C(C(=O)O)C2. The highest BCUT2D eigenvalue weighted by Crippen LogP contribution is 2.42. The van der Waals surface area contributed by atoms with Gasteiger partial charge in [-0.25, -0.2) is 0 Å². The lowest BCUT2D eigenvalue weighted by atomic mass is 9.89. The number of methoxy groups -OCH3 is 1. The molecule has 5 nitrogen and oxygen atoms in total. The highest BCUT2D eigenvalue weighted by molar-refractivity contribution is 7.99. The van der Waals surface area contributed by atoms with E-state index in [4.69, 9.17) is 9.84 Å². The maximum atomic E-state index is 12.1. The Labute approximate surface area is 111 Å². The molecule has 0 aromatic rings. The Kier molecular flexibility index (Phi) is 4.50. The molecule has 2 rings (SSSR count). The van der Waals surface area contributed by atoms with Crippen LogP contribution in [0.3, 0.4) is 0 Å². The lowest BCUT2D eigenvalue weighted by Gasteiger charge is -2.22. The van der Waals surface area contributed by atoms with Crippen molar-refractivity contribution in [2.24, 2.45) is 5.92 Å². The molecule has 0 aliphatic carbocycles. The van der Waals surface area contributed by atoms with Crippen LogP contribution in [0.1, 0.15) is 19.3 Å². The van der Waals surface area contributed by atoms with E-state index in [9.17, 15) is 9.59 Å². The summed E-state index contributed by atoms with van der Waals surface area (Å²) in [6.07, 6.45) is 2.44. The summed E-state index contributed by atoms with van der Waals surface area (Å²) in [5.41, 5.74) is 0. The minimum Gasteiger partial charge on any atom is -0.481 e. The topological polar surface area (TPSA) is 66.8 Å². The predicted molar refractivity (Wildman–Crippen MR) is 68.6 cm³/mol. The molecule has 18 heavy (non-hydrogen) atoms. The lowest BCUT2D eigenvalue weighted by molar-refractivity contribution is -0.143. The molecule has 2 fully saturated rings. The maximum Gasteiger partial charge on any atom is 0.308 e. The van der Waals surface area contributed by atoms with Crippen molar-refractivity contribution in [2.75, 3.05) is 25.2 Å². The minimum atomic E-state index is -0.757. The normalized spacial score (nSPS) is 29.8. The Hall–Kier alpha value is -0.750. The van der Waals surface area contributed by atoms with Gasteiger partial charge in [-0.05, 0) is 19.3 Å². The molecule has 102 valence electrons. The number of ether oxygens (including phenoxy) is 1. The molecule has 0 aromatic carbocycles. The standard InChI is InChI=1S/C12H19NO4S/c1-17-4-5-18-7-11(14)13-8-2-3-10(13)9(6-8)12(15)16/h8-10H,2-7H2,1H3,(H,15,16). The Morgan fingerprint density at radius 2 is 2.22 bits per heavy atom. The fourth-order valence-corrected chi connectivity index (χ4v) is 3.77. The minimum absolute atomic E-state index is 0.0666. The number of carboxylic acids is 1. The van der Waals surface area contributed by atoms with Crippen molar-refractivity contribution in [2.45, 2.75) is 31.3 Å². The maximum absolute atomic E-state index is 12.1. The Balaban J connectivity index is 1.86. The summed E-state index contributed by atoms with van der Waals surface area (Å²) in [7, 11) is 1.64. The molecule has 0 radical (unpaired) electrons. The second kappa shape index (κ2) is 5.93. The number of hydrogen-bond acceptors (Lipinski definition) is 4. The van der Waals surface area contributed by atoms with Crippen molar-refractivity contribution in [3.8, 4) is 0 Å². The van der Waals surface area contributed by atoms with Crippen LogP contribution in [0.2, 0.25) is 0 Å². The van der Waals surface area contributed by atoms with Crippen molar-refractivity contribution in [1.82, 2.24) is 4.90 Å². The van der Waals surface area contributed by atoms with Crippen molar-refractivity contribution in [3.05, 3.63) is 0 Å². The summed E-state index contributed by atoms with van der Waals surface area (Å²) >= 11 is 1.55. The number of nitrogens with zero attached hydrogens (tertiary/aromatic N) is 1. The van der Waals surface area contributed by atoms with Gasteiger partial charge in [-0.3, -0.25) is 9.59 Å². The van der Waals surface area contributed by atoms with E-state index in [2.05, 4.69) is 0 Å². The van der Waals surface area contributed by atoms with Gasteiger partial charge in [0.1, 0.15) is 0 Å². The number of hydrogen-bond donors (Lipinski definition) is 1. The van der Waals surface area contributed by atoms with Gasteiger partial charge in [-0.1, -0.05) is 0 Å².